The van der Waals surface area contributed by atoms with Crippen molar-refractivity contribution in [2.45, 2.75) is 46.7 Å². The van der Waals surface area contributed by atoms with Crippen LogP contribution in [0.3, 0.4) is 0 Å². The van der Waals surface area contributed by atoms with Gasteiger partial charge in [0.05, 0.1) is 17.8 Å². The molecular formula is C24H27F3N4O3. The maximum atomic E-state index is 15.1. The summed E-state index contributed by atoms with van der Waals surface area (Å²) in [6.45, 7) is 7.36. The van der Waals surface area contributed by atoms with Gasteiger partial charge in [-0.3, -0.25) is 0 Å². The Morgan fingerprint density at radius 1 is 1.21 bits per heavy atom. The average Bonchev–Trinajstić information content (AvgIpc) is 3.16. The van der Waals surface area contributed by atoms with Gasteiger partial charge in [-0.25, -0.2) is 22.9 Å². The second kappa shape index (κ2) is 10.1. The molecule has 34 heavy (non-hydrogen) atoms. The molecule has 0 aliphatic rings. The zero-order valence-corrected chi connectivity index (χ0v) is 19.4. The van der Waals surface area contributed by atoms with E-state index in [-0.39, 0.29) is 47.6 Å². The molecule has 10 heteroatoms. The average molecular weight is 476 g/mol. The Balaban J connectivity index is 2.13. The topological polar surface area (TPSA) is 96.1 Å². The highest BCUT2D eigenvalue weighted by Crippen LogP contribution is 2.34. The lowest BCUT2D eigenvalue weighted by atomic mass is 9.85. The lowest BCUT2D eigenvalue weighted by molar-refractivity contribution is -0.108. The number of benzene rings is 1. The van der Waals surface area contributed by atoms with Gasteiger partial charge in [-0.2, -0.15) is 0 Å². The van der Waals surface area contributed by atoms with Gasteiger partial charge < -0.3 is 25.1 Å². The summed E-state index contributed by atoms with van der Waals surface area (Å²) >= 11 is 0. The number of alkyl carbamates (subject to hydrolysis) is 1. The molecule has 182 valence electrons. The van der Waals surface area contributed by atoms with Gasteiger partial charge in [0.2, 0.25) is 0 Å². The van der Waals surface area contributed by atoms with Crippen LogP contribution >= 0.6 is 0 Å². The predicted molar refractivity (Wildman–Crippen MR) is 123 cm³/mol. The number of hydrogen-bond acceptors (Lipinski definition) is 5. The fraction of sp³-hybridized carbons (Fsp3) is 0.375. The quantitative estimate of drug-likeness (QED) is 0.383. The predicted octanol–water partition coefficient (Wildman–Crippen LogP) is 5.31. The summed E-state index contributed by atoms with van der Waals surface area (Å²) in [6.07, 6.45) is 1.60. The minimum Gasteiger partial charge on any atom is -0.450 e. The van der Waals surface area contributed by atoms with Gasteiger partial charge in [0, 0.05) is 47.8 Å². The highest BCUT2D eigenvalue weighted by atomic mass is 19.1. The Kier molecular flexibility index (Phi) is 7.48. The monoisotopic (exact) mass is 476 g/mol. The van der Waals surface area contributed by atoms with E-state index in [0.717, 1.165) is 18.4 Å². The molecule has 1 unspecified atom stereocenters. The van der Waals surface area contributed by atoms with Crippen LogP contribution in [0.25, 0.3) is 22.2 Å². The summed E-state index contributed by atoms with van der Waals surface area (Å²) in [5.74, 6) is -2.40. The number of nitrogens with zero attached hydrogens (tertiary/aromatic N) is 1. The van der Waals surface area contributed by atoms with Crippen LogP contribution in [0.15, 0.2) is 24.4 Å². The van der Waals surface area contributed by atoms with Crippen LogP contribution in [-0.2, 0) is 16.1 Å². The van der Waals surface area contributed by atoms with E-state index >= 15 is 4.39 Å². The Morgan fingerprint density at radius 3 is 2.59 bits per heavy atom. The van der Waals surface area contributed by atoms with Crippen LogP contribution in [-0.4, -0.2) is 35.0 Å². The lowest BCUT2D eigenvalue weighted by Crippen LogP contribution is -2.35. The van der Waals surface area contributed by atoms with E-state index < -0.39 is 35.0 Å². The first kappa shape index (κ1) is 25.1. The Hall–Kier alpha value is -3.56. The highest BCUT2D eigenvalue weighted by Gasteiger charge is 2.27. The fourth-order valence-electron chi connectivity index (χ4n) is 3.59. The number of pyridine rings is 1. The number of aromatic amines is 1. The van der Waals surface area contributed by atoms with Crippen LogP contribution in [0.5, 0.6) is 0 Å². The molecular weight excluding hydrogens is 449 g/mol. The molecule has 0 aliphatic carbocycles. The first-order valence-corrected chi connectivity index (χ1v) is 10.8. The standard InChI is InChI=1S/C24H27F3N4O3/c1-5-34-23(33)29-11-13-8-18(27)22(30-19(6-7-32)24(2,3)4)31-20(13)16-12-28-21-15(16)9-14(25)10-17(21)26/h7-10,12,19,28H,5-6,11H2,1-4H3,(H,29,33)(H,30,31). The van der Waals surface area contributed by atoms with E-state index in [1.165, 1.54) is 12.3 Å². The fourth-order valence-corrected chi connectivity index (χ4v) is 3.59. The highest BCUT2D eigenvalue weighted by molar-refractivity contribution is 5.96. The Morgan fingerprint density at radius 2 is 1.94 bits per heavy atom. The number of carbonyl (C=O) groups excluding carboxylic acids is 2. The molecule has 1 atom stereocenters. The van der Waals surface area contributed by atoms with Gasteiger partial charge >= 0.3 is 6.09 Å². The van der Waals surface area contributed by atoms with Crippen molar-refractivity contribution in [3.63, 3.8) is 0 Å². The Labute approximate surface area is 195 Å². The van der Waals surface area contributed by atoms with E-state index in [1.54, 1.807) is 6.92 Å². The van der Waals surface area contributed by atoms with Crippen molar-refractivity contribution in [2.75, 3.05) is 11.9 Å². The van der Waals surface area contributed by atoms with Crippen LogP contribution in [0.2, 0.25) is 0 Å². The maximum Gasteiger partial charge on any atom is 0.407 e. The number of aromatic nitrogens is 2. The number of ether oxygens (including phenoxy) is 1. The molecule has 2 aromatic heterocycles. The Bertz CT molecular complexity index is 1200. The lowest BCUT2D eigenvalue weighted by Gasteiger charge is -2.31. The molecule has 0 aliphatic heterocycles. The normalized spacial score (nSPS) is 12.4. The van der Waals surface area contributed by atoms with Gasteiger partial charge in [-0.1, -0.05) is 20.8 Å². The number of nitrogens with one attached hydrogen (secondary N) is 3. The largest absolute Gasteiger partial charge is 0.450 e. The van der Waals surface area contributed by atoms with Gasteiger partial charge in [0.15, 0.2) is 11.6 Å². The summed E-state index contributed by atoms with van der Waals surface area (Å²) in [5, 5.41) is 5.71. The van der Waals surface area contributed by atoms with E-state index in [2.05, 4.69) is 20.6 Å². The van der Waals surface area contributed by atoms with Crippen molar-refractivity contribution < 1.29 is 27.5 Å². The van der Waals surface area contributed by atoms with E-state index in [0.29, 0.717) is 5.56 Å². The van der Waals surface area contributed by atoms with Crippen molar-refractivity contribution in [1.29, 1.82) is 0 Å². The van der Waals surface area contributed by atoms with Gasteiger partial charge in [-0.15, -0.1) is 0 Å². The molecule has 3 rings (SSSR count). The second-order valence-corrected chi connectivity index (χ2v) is 8.88. The maximum absolute atomic E-state index is 15.1. The molecule has 1 aromatic carbocycles. The third kappa shape index (κ3) is 5.49. The summed E-state index contributed by atoms with van der Waals surface area (Å²) < 4.78 is 48.2. The molecule has 2 heterocycles. The van der Waals surface area contributed by atoms with Crippen molar-refractivity contribution in [1.82, 2.24) is 15.3 Å². The number of carbonyl (C=O) groups is 2. The summed E-state index contributed by atoms with van der Waals surface area (Å²) in [7, 11) is 0. The first-order valence-electron chi connectivity index (χ1n) is 10.8. The molecule has 7 nitrogen and oxygen atoms in total. The molecule has 0 radical (unpaired) electrons. The van der Waals surface area contributed by atoms with Crippen molar-refractivity contribution in [3.8, 4) is 11.3 Å². The number of aldehydes is 1. The number of H-pyrrole nitrogens is 1. The molecule has 0 saturated heterocycles. The number of halogens is 3. The summed E-state index contributed by atoms with van der Waals surface area (Å²) in [4.78, 5) is 30.2. The minimum absolute atomic E-state index is 0.0647. The zero-order chi connectivity index (χ0) is 25.0. The minimum atomic E-state index is -0.785. The zero-order valence-electron chi connectivity index (χ0n) is 19.4. The van der Waals surface area contributed by atoms with Gasteiger partial charge in [0.1, 0.15) is 17.9 Å². The number of rotatable bonds is 8. The third-order valence-corrected chi connectivity index (χ3v) is 5.40. The van der Waals surface area contributed by atoms with E-state index in [1.807, 2.05) is 20.8 Å². The smallest absolute Gasteiger partial charge is 0.407 e. The van der Waals surface area contributed by atoms with Gasteiger partial charge in [-0.05, 0) is 24.5 Å². The number of anilines is 1. The van der Waals surface area contributed by atoms with E-state index in [9.17, 15) is 18.4 Å². The molecule has 1 amide bonds. The van der Waals surface area contributed by atoms with Crippen LogP contribution < -0.4 is 10.6 Å². The molecule has 0 fully saturated rings. The van der Waals surface area contributed by atoms with Crippen LogP contribution in [0, 0.1) is 22.9 Å². The van der Waals surface area contributed by atoms with Crippen molar-refractivity contribution in [3.05, 3.63) is 47.4 Å². The number of fused-ring (bicyclic) bond motifs is 1. The van der Waals surface area contributed by atoms with Crippen molar-refractivity contribution >= 4 is 29.1 Å². The molecule has 0 bridgehead atoms. The molecule has 3 N–H and O–H groups in total. The van der Waals surface area contributed by atoms with Crippen LogP contribution in [0.4, 0.5) is 23.8 Å². The van der Waals surface area contributed by atoms with Crippen molar-refractivity contribution in [2.24, 2.45) is 5.41 Å². The molecule has 3 aromatic rings. The SMILES string of the molecule is CCOC(=O)NCc1cc(F)c(NC(CC=O)C(C)(C)C)nc1-c1c[nH]c2c(F)cc(F)cc12. The summed E-state index contributed by atoms with van der Waals surface area (Å²) in [6, 6.07) is 2.66. The van der Waals surface area contributed by atoms with Gasteiger partial charge in [0.25, 0.3) is 0 Å². The van der Waals surface area contributed by atoms with Crippen LogP contribution in [0.1, 0.15) is 39.7 Å². The number of hydrogen-bond donors (Lipinski definition) is 3. The third-order valence-electron chi connectivity index (χ3n) is 5.40. The second-order valence-electron chi connectivity index (χ2n) is 8.88. The molecule has 0 spiro atoms. The van der Waals surface area contributed by atoms with E-state index in [4.69, 9.17) is 4.74 Å². The summed E-state index contributed by atoms with van der Waals surface area (Å²) in [5.41, 5.74) is 0.460. The number of amides is 1. The molecule has 0 saturated carbocycles. The first-order chi connectivity index (χ1) is 16.0.